The number of rotatable bonds is 12. The second-order valence-corrected chi connectivity index (χ2v) is 14.6. The molecule has 2 aliphatic heterocycles. The molecule has 2 fully saturated rings. The molecule has 1 unspecified atom stereocenters. The summed E-state index contributed by atoms with van der Waals surface area (Å²) in [5.74, 6) is 0.329. The van der Waals surface area contributed by atoms with Crippen LogP contribution in [0.15, 0.2) is 70.9 Å². The largest absolute Gasteiger partial charge is 0.400 e. The summed E-state index contributed by atoms with van der Waals surface area (Å²) in [5.41, 5.74) is 5.29. The van der Waals surface area contributed by atoms with Gasteiger partial charge in [-0.05, 0) is 111 Å². The molecule has 7 rings (SSSR count). The van der Waals surface area contributed by atoms with Crippen molar-refractivity contribution < 1.29 is 23.8 Å². The topological polar surface area (TPSA) is 121 Å². The van der Waals surface area contributed by atoms with Gasteiger partial charge in [0.1, 0.15) is 17.9 Å². The molecule has 3 aromatic rings. The molecule has 4 aliphatic rings. The summed E-state index contributed by atoms with van der Waals surface area (Å²) in [5, 5.41) is 15.5. The highest BCUT2D eigenvalue weighted by Gasteiger charge is 2.46. The Labute approximate surface area is 332 Å². The van der Waals surface area contributed by atoms with Crippen molar-refractivity contribution in [3.8, 4) is 0 Å². The number of hydrogen-bond donors (Lipinski definition) is 4. The molecule has 10 nitrogen and oxygen atoms in total. The number of imidazole rings is 1. The number of fused-ring (bicyclic) bond motifs is 1. The molecule has 1 atom stereocenters. The van der Waals surface area contributed by atoms with E-state index in [2.05, 4.69) is 39.4 Å². The fourth-order valence-corrected chi connectivity index (χ4v) is 7.17. The number of aliphatic hydroxyl groups excluding tert-OH is 1. The van der Waals surface area contributed by atoms with E-state index in [1.165, 1.54) is 12.5 Å². The number of nitrogens with zero attached hydrogens (tertiary/aromatic N) is 4. The normalized spacial score (nSPS) is 18.4. The van der Waals surface area contributed by atoms with Crippen LogP contribution in [0.5, 0.6) is 0 Å². The Morgan fingerprint density at radius 2 is 1.98 bits per heavy atom. The van der Waals surface area contributed by atoms with Gasteiger partial charge in [-0.25, -0.2) is 9.37 Å². The van der Waals surface area contributed by atoms with Gasteiger partial charge in [0.05, 0.1) is 34.4 Å². The van der Waals surface area contributed by atoms with Crippen molar-refractivity contribution in [1.82, 2.24) is 19.2 Å². The van der Waals surface area contributed by atoms with Gasteiger partial charge in [-0.1, -0.05) is 54.8 Å². The van der Waals surface area contributed by atoms with E-state index in [9.17, 15) is 14.0 Å². The zero-order chi connectivity index (χ0) is 39.5. The standard InChI is InChI=1S/C38H40ClFN6O2S.C3H6O.CH4O/c1-24-18-27(19-30(36(24)42-3)38(23-47)14-15-38)37(48)43-29-10-11-34-33(21-29)44-35(46(34)49)22-45-16-12-26(13-17-45)32(41-2)7-5-4-6-25-8-9-28(39)20-31(25)40;1-2-4-3-1;1-2/h4-5,7-9,11-12,18-21,23,29,42,49H,2,6,10,13-17,22H2,1,3H3,(H,43,48);1-3H2;2H,1H3/b5-4-,32-7-;;. The summed E-state index contributed by atoms with van der Waals surface area (Å²) in [4.78, 5) is 36.7. The summed E-state index contributed by atoms with van der Waals surface area (Å²) in [6, 6.07) is 8.21. The van der Waals surface area contributed by atoms with Gasteiger partial charge in [-0.15, -0.1) is 0 Å². The van der Waals surface area contributed by atoms with E-state index >= 15 is 0 Å². The number of halogens is 2. The average molecular weight is 789 g/mol. The van der Waals surface area contributed by atoms with Gasteiger partial charge in [0.25, 0.3) is 5.91 Å². The van der Waals surface area contributed by atoms with Crippen LogP contribution >= 0.6 is 24.4 Å². The highest BCUT2D eigenvalue weighted by atomic mass is 35.5. The fourth-order valence-electron chi connectivity index (χ4n) is 6.72. The summed E-state index contributed by atoms with van der Waals surface area (Å²) in [6.45, 7) is 9.86. The third-order valence-electron chi connectivity index (χ3n) is 10.1. The maximum Gasteiger partial charge on any atom is 0.251 e. The number of allylic oxidation sites excluding steroid dienone is 4. The van der Waals surface area contributed by atoms with E-state index in [-0.39, 0.29) is 17.8 Å². The lowest BCUT2D eigenvalue weighted by atomic mass is 9.91. The van der Waals surface area contributed by atoms with Crippen LogP contribution in [-0.2, 0) is 27.9 Å². The Balaban J connectivity index is 0.000000895. The zero-order valence-corrected chi connectivity index (χ0v) is 33.3. The van der Waals surface area contributed by atoms with Gasteiger partial charge in [0.15, 0.2) is 0 Å². The van der Waals surface area contributed by atoms with E-state index < -0.39 is 5.41 Å². The molecule has 55 heavy (non-hydrogen) atoms. The fraction of sp³-hybridized carbons (Fsp3) is 0.381. The number of aliphatic hydroxyl groups is 1. The molecule has 2 aromatic carbocycles. The van der Waals surface area contributed by atoms with Crippen LogP contribution in [0.4, 0.5) is 10.1 Å². The van der Waals surface area contributed by atoms with E-state index in [0.29, 0.717) is 35.5 Å². The average Bonchev–Trinajstić information content (AvgIpc) is 3.91. The van der Waals surface area contributed by atoms with Crippen molar-refractivity contribution in [3.05, 3.63) is 116 Å². The first kappa shape index (κ1) is 41.8. The van der Waals surface area contributed by atoms with Gasteiger partial charge in [0, 0.05) is 56.7 Å². The number of ether oxygens (including phenoxy) is 1. The number of aromatic nitrogens is 2. The van der Waals surface area contributed by atoms with Crippen LogP contribution in [0.3, 0.4) is 0 Å². The number of aliphatic imine (C=N–C) groups is 1. The summed E-state index contributed by atoms with van der Waals surface area (Å²) >= 11 is 10.6. The van der Waals surface area contributed by atoms with Crippen molar-refractivity contribution in [2.75, 3.05) is 45.8 Å². The van der Waals surface area contributed by atoms with Crippen LogP contribution in [0.2, 0.25) is 5.02 Å². The molecule has 2 aliphatic carbocycles. The van der Waals surface area contributed by atoms with Crippen LogP contribution in [0.25, 0.3) is 12.2 Å². The molecule has 1 aromatic heterocycles. The van der Waals surface area contributed by atoms with E-state index in [4.69, 9.17) is 39.2 Å². The van der Waals surface area contributed by atoms with Crippen molar-refractivity contribution >= 4 is 61.2 Å². The Morgan fingerprint density at radius 1 is 1.24 bits per heavy atom. The predicted octanol–water partition coefficient (Wildman–Crippen LogP) is 5.24. The number of carbonyl (C=O) groups is 2. The first-order valence-electron chi connectivity index (χ1n) is 18.5. The minimum Gasteiger partial charge on any atom is -0.400 e. The van der Waals surface area contributed by atoms with Crippen LogP contribution in [0, 0.1) is 12.7 Å². The summed E-state index contributed by atoms with van der Waals surface area (Å²) in [7, 11) is 2.84. The van der Waals surface area contributed by atoms with E-state index in [1.54, 1.807) is 12.1 Å². The predicted molar refractivity (Wildman–Crippen MR) is 222 cm³/mol. The lowest BCUT2D eigenvalue weighted by Gasteiger charge is -2.25. The Morgan fingerprint density at radius 3 is 2.58 bits per heavy atom. The number of anilines is 1. The highest BCUT2D eigenvalue weighted by molar-refractivity contribution is 7.78. The monoisotopic (exact) mass is 788 g/mol. The number of benzene rings is 2. The zero-order valence-electron chi connectivity index (χ0n) is 31.7. The SMILES string of the molecule is C1COC1.C=N/C(=C\C=C/Cc1ccc(Cl)cc1F)C1=CCN(Cc2nc3c(n2S)=CCC(NC(=O)c2cc(C)c(NC)c(C4(C=O)CC4)c2)C=3)CC1.CO. The Hall–Kier alpha value is -4.33. The number of aldehydes is 1. The van der Waals surface area contributed by atoms with Crippen LogP contribution in [0.1, 0.15) is 65.0 Å². The Kier molecular flexibility index (Phi) is 14.8. The number of amides is 1. The van der Waals surface area contributed by atoms with Gasteiger partial charge in [0.2, 0.25) is 0 Å². The second-order valence-electron chi connectivity index (χ2n) is 13.8. The molecule has 3 N–H and O–H groups in total. The lowest BCUT2D eigenvalue weighted by molar-refractivity contribution is -0.109. The molecule has 3 heterocycles. The molecule has 1 amide bonds. The summed E-state index contributed by atoms with van der Waals surface area (Å²) in [6.07, 6.45) is 17.6. The molecule has 292 valence electrons. The van der Waals surface area contributed by atoms with Gasteiger partial charge in [-0.2, -0.15) is 0 Å². The smallest absolute Gasteiger partial charge is 0.251 e. The van der Waals surface area contributed by atoms with E-state index in [1.807, 2.05) is 54.4 Å². The Bertz CT molecular complexity index is 2100. The number of carbonyl (C=O) groups excluding carboxylic acids is 2. The second kappa shape index (κ2) is 19.5. The van der Waals surface area contributed by atoms with Gasteiger partial charge >= 0.3 is 0 Å². The molecular weight excluding hydrogens is 739 g/mol. The van der Waals surface area contributed by atoms with Crippen LogP contribution in [-0.4, -0.2) is 84.4 Å². The minimum absolute atomic E-state index is 0.179. The molecule has 0 bridgehead atoms. The number of hydrogen-bond acceptors (Lipinski definition) is 9. The highest BCUT2D eigenvalue weighted by Crippen LogP contribution is 2.50. The number of aryl methyl sites for hydroxylation is 1. The van der Waals surface area contributed by atoms with Gasteiger partial charge < -0.3 is 25.3 Å². The van der Waals surface area contributed by atoms with E-state index in [0.717, 1.165) is 104 Å². The lowest BCUT2D eigenvalue weighted by Crippen LogP contribution is -2.40. The molecule has 0 spiro atoms. The van der Waals surface area contributed by atoms with Crippen molar-refractivity contribution in [2.24, 2.45) is 4.99 Å². The van der Waals surface area contributed by atoms with Crippen molar-refractivity contribution in [3.63, 3.8) is 0 Å². The third kappa shape index (κ3) is 10.3. The number of thiol groups is 1. The quantitative estimate of drug-likeness (QED) is 0.0858. The summed E-state index contributed by atoms with van der Waals surface area (Å²) < 4.78 is 20.6. The third-order valence-corrected chi connectivity index (χ3v) is 10.8. The van der Waals surface area contributed by atoms with Gasteiger partial charge in [-0.3, -0.25) is 18.7 Å². The molecule has 1 saturated heterocycles. The minimum atomic E-state index is -0.499. The first-order valence-corrected chi connectivity index (χ1v) is 19.2. The maximum atomic E-state index is 14.1. The first-order chi connectivity index (χ1) is 26.6. The molecule has 1 saturated carbocycles. The molecular formula is C42H50ClFN6O4S. The molecule has 13 heteroatoms. The van der Waals surface area contributed by atoms with Crippen LogP contribution < -0.4 is 21.3 Å². The molecule has 0 radical (unpaired) electrons. The van der Waals surface area contributed by atoms with Crippen molar-refractivity contribution in [1.29, 1.82) is 0 Å². The van der Waals surface area contributed by atoms with Crippen molar-refractivity contribution in [2.45, 2.75) is 63.5 Å². The number of nitrogens with one attached hydrogen (secondary N) is 2. The maximum absolute atomic E-state index is 14.1.